The average molecular weight is 268 g/mol. The third-order valence-corrected chi connectivity index (χ3v) is 3.15. The smallest absolute Gasteiger partial charge is 0.303 e. The first-order valence-corrected chi connectivity index (χ1v) is 5.37. The summed E-state index contributed by atoms with van der Waals surface area (Å²) < 4.78 is 4.99. The van der Waals surface area contributed by atoms with E-state index in [2.05, 4.69) is 0 Å². The largest absolute Gasteiger partial charge is 0.458 e. The quantitative estimate of drug-likeness (QED) is 0.591. The van der Waals surface area contributed by atoms with Crippen molar-refractivity contribution < 1.29 is 9.53 Å². The Morgan fingerprint density at radius 1 is 1.27 bits per heavy atom. The van der Waals surface area contributed by atoms with Crippen molar-refractivity contribution in [3.8, 4) is 0 Å². The predicted molar refractivity (Wildman–Crippen MR) is 61.7 cm³/mol. The van der Waals surface area contributed by atoms with E-state index in [0.29, 0.717) is 15.6 Å². The van der Waals surface area contributed by atoms with Gasteiger partial charge in [-0.05, 0) is 13.0 Å². The van der Waals surface area contributed by atoms with Crippen molar-refractivity contribution in [2.75, 3.05) is 0 Å². The zero-order valence-corrected chi connectivity index (χ0v) is 10.5. The van der Waals surface area contributed by atoms with Crippen LogP contribution in [0.15, 0.2) is 12.1 Å². The Morgan fingerprint density at radius 3 is 2.40 bits per heavy atom. The second-order valence-corrected chi connectivity index (χ2v) is 4.18. The molecule has 0 aromatic heterocycles. The van der Waals surface area contributed by atoms with E-state index in [0.717, 1.165) is 0 Å². The van der Waals surface area contributed by atoms with E-state index in [9.17, 15) is 4.79 Å². The molecule has 1 aromatic carbocycles. The SMILES string of the molecule is CC(=O)OC(C)c1ccc(Cl)c(Cl)c1Cl. The van der Waals surface area contributed by atoms with E-state index in [1.54, 1.807) is 19.1 Å². The van der Waals surface area contributed by atoms with Crippen molar-refractivity contribution in [3.63, 3.8) is 0 Å². The number of benzene rings is 1. The Kier molecular flexibility index (Phi) is 4.26. The Hall–Kier alpha value is -0.440. The highest BCUT2D eigenvalue weighted by Gasteiger charge is 2.16. The maximum atomic E-state index is 10.8. The predicted octanol–water partition coefficient (Wildman–Crippen LogP) is 4.27. The van der Waals surface area contributed by atoms with Crippen molar-refractivity contribution in [2.45, 2.75) is 20.0 Å². The number of halogens is 3. The summed E-state index contributed by atoms with van der Waals surface area (Å²) >= 11 is 17.6. The Bertz CT molecular complexity index is 390. The number of carbonyl (C=O) groups is 1. The van der Waals surface area contributed by atoms with Crippen molar-refractivity contribution in [1.29, 1.82) is 0 Å². The summed E-state index contributed by atoms with van der Waals surface area (Å²) in [5.74, 6) is -0.371. The zero-order valence-electron chi connectivity index (χ0n) is 8.18. The number of rotatable bonds is 2. The fourth-order valence-electron chi connectivity index (χ4n) is 1.17. The molecule has 5 heteroatoms. The minimum absolute atomic E-state index is 0.273. The van der Waals surface area contributed by atoms with Gasteiger partial charge in [0.2, 0.25) is 0 Å². The first kappa shape index (κ1) is 12.6. The molecule has 1 atom stereocenters. The molecule has 0 heterocycles. The van der Waals surface area contributed by atoms with Gasteiger partial charge in [-0.3, -0.25) is 4.79 Å². The van der Waals surface area contributed by atoms with Crippen LogP contribution in [0.5, 0.6) is 0 Å². The second kappa shape index (κ2) is 5.06. The van der Waals surface area contributed by atoms with Crippen LogP contribution in [0.3, 0.4) is 0 Å². The third-order valence-electron chi connectivity index (χ3n) is 1.85. The zero-order chi connectivity index (χ0) is 11.6. The van der Waals surface area contributed by atoms with Gasteiger partial charge in [-0.15, -0.1) is 0 Å². The normalized spacial score (nSPS) is 12.3. The molecule has 1 unspecified atom stereocenters. The molecule has 2 nitrogen and oxygen atoms in total. The molecule has 0 bridgehead atoms. The number of hydrogen-bond donors (Lipinski definition) is 0. The highest BCUT2D eigenvalue weighted by molar-refractivity contribution is 6.48. The first-order chi connectivity index (χ1) is 6.93. The van der Waals surface area contributed by atoms with Gasteiger partial charge < -0.3 is 4.74 Å². The maximum absolute atomic E-state index is 10.8. The lowest BCUT2D eigenvalue weighted by molar-refractivity contribution is -0.145. The molecule has 0 saturated carbocycles. The van der Waals surface area contributed by atoms with Gasteiger partial charge in [0.25, 0.3) is 0 Å². The minimum Gasteiger partial charge on any atom is -0.458 e. The third kappa shape index (κ3) is 3.00. The first-order valence-electron chi connectivity index (χ1n) is 4.24. The fraction of sp³-hybridized carbons (Fsp3) is 0.300. The summed E-state index contributed by atoms with van der Waals surface area (Å²) in [6, 6.07) is 3.30. The molecule has 1 aromatic rings. The minimum atomic E-state index is -0.440. The molecule has 0 aliphatic rings. The van der Waals surface area contributed by atoms with Crippen molar-refractivity contribution in [2.24, 2.45) is 0 Å². The summed E-state index contributed by atoms with van der Waals surface area (Å²) in [6.07, 6.45) is -0.440. The summed E-state index contributed by atoms with van der Waals surface area (Å²) in [5, 5.41) is 0.966. The highest BCUT2D eigenvalue weighted by atomic mass is 35.5. The summed E-state index contributed by atoms with van der Waals surface area (Å²) in [7, 11) is 0. The average Bonchev–Trinajstić information content (AvgIpc) is 2.13. The molecule has 0 fully saturated rings. The van der Waals surface area contributed by atoms with Gasteiger partial charge in [-0.2, -0.15) is 0 Å². The maximum Gasteiger partial charge on any atom is 0.303 e. The van der Waals surface area contributed by atoms with E-state index < -0.39 is 6.10 Å². The van der Waals surface area contributed by atoms with Gasteiger partial charge in [0, 0.05) is 12.5 Å². The van der Waals surface area contributed by atoms with Crippen LogP contribution in [0.4, 0.5) is 0 Å². The van der Waals surface area contributed by atoms with E-state index in [4.69, 9.17) is 39.5 Å². The molecule has 0 aliphatic carbocycles. The molecule has 0 saturated heterocycles. The lowest BCUT2D eigenvalue weighted by Gasteiger charge is -2.14. The van der Waals surface area contributed by atoms with Crippen LogP contribution in [0.1, 0.15) is 25.5 Å². The van der Waals surface area contributed by atoms with Crippen LogP contribution < -0.4 is 0 Å². The molecule has 0 spiro atoms. The number of carbonyl (C=O) groups excluding carboxylic acids is 1. The summed E-state index contributed by atoms with van der Waals surface area (Å²) in [6.45, 7) is 3.05. The second-order valence-electron chi connectivity index (χ2n) is 3.02. The van der Waals surface area contributed by atoms with Crippen LogP contribution in [0, 0.1) is 0 Å². The summed E-state index contributed by atoms with van der Waals surface area (Å²) in [4.78, 5) is 10.8. The molecule has 0 aliphatic heterocycles. The monoisotopic (exact) mass is 266 g/mol. The number of esters is 1. The molecule has 0 radical (unpaired) electrons. The van der Waals surface area contributed by atoms with E-state index in [1.807, 2.05) is 0 Å². The Balaban J connectivity index is 3.05. The molecule has 0 amide bonds. The fourth-order valence-corrected chi connectivity index (χ4v) is 1.86. The van der Waals surface area contributed by atoms with Crippen molar-refractivity contribution in [3.05, 3.63) is 32.8 Å². The van der Waals surface area contributed by atoms with Gasteiger partial charge in [0.1, 0.15) is 6.10 Å². The topological polar surface area (TPSA) is 26.3 Å². The molecule has 15 heavy (non-hydrogen) atoms. The van der Waals surface area contributed by atoms with Crippen LogP contribution >= 0.6 is 34.8 Å². The molecule has 0 N–H and O–H groups in total. The molecule has 82 valence electrons. The van der Waals surface area contributed by atoms with Crippen LogP contribution in [0.2, 0.25) is 15.1 Å². The standard InChI is InChI=1S/C10H9Cl3O2/c1-5(15-6(2)14)7-3-4-8(11)10(13)9(7)12/h3-5H,1-2H3. The Labute approximate surface area is 103 Å². The van der Waals surface area contributed by atoms with Crippen molar-refractivity contribution in [1.82, 2.24) is 0 Å². The van der Waals surface area contributed by atoms with Crippen LogP contribution in [-0.4, -0.2) is 5.97 Å². The van der Waals surface area contributed by atoms with Crippen LogP contribution in [-0.2, 0) is 9.53 Å². The van der Waals surface area contributed by atoms with E-state index in [1.165, 1.54) is 6.92 Å². The lowest BCUT2D eigenvalue weighted by atomic mass is 10.1. The van der Waals surface area contributed by atoms with Crippen molar-refractivity contribution >= 4 is 40.8 Å². The molecular weight excluding hydrogens is 258 g/mol. The molecular formula is C10H9Cl3O2. The van der Waals surface area contributed by atoms with Gasteiger partial charge in [-0.25, -0.2) is 0 Å². The van der Waals surface area contributed by atoms with Crippen LogP contribution in [0.25, 0.3) is 0 Å². The van der Waals surface area contributed by atoms with Gasteiger partial charge in [0.05, 0.1) is 15.1 Å². The van der Waals surface area contributed by atoms with Gasteiger partial charge in [0.15, 0.2) is 0 Å². The highest BCUT2D eigenvalue weighted by Crippen LogP contribution is 2.36. The van der Waals surface area contributed by atoms with E-state index >= 15 is 0 Å². The number of hydrogen-bond acceptors (Lipinski definition) is 2. The Morgan fingerprint density at radius 2 is 1.87 bits per heavy atom. The van der Waals surface area contributed by atoms with Gasteiger partial charge in [-0.1, -0.05) is 40.9 Å². The summed E-state index contributed by atoms with van der Waals surface area (Å²) in [5.41, 5.74) is 0.640. The lowest BCUT2D eigenvalue weighted by Crippen LogP contribution is -2.05. The van der Waals surface area contributed by atoms with Gasteiger partial charge >= 0.3 is 5.97 Å². The van der Waals surface area contributed by atoms with E-state index in [-0.39, 0.29) is 11.0 Å². The number of ether oxygens (including phenoxy) is 1. The molecule has 1 rings (SSSR count).